The first-order chi connectivity index (χ1) is 10.3. The largest absolute Gasteiger partial charge is 0.340 e. The van der Waals surface area contributed by atoms with Gasteiger partial charge in [-0.2, -0.15) is 17.0 Å². The number of carbonyl (C=O) groups is 1. The number of benzene rings is 1. The van der Waals surface area contributed by atoms with Gasteiger partial charge in [0, 0.05) is 40.3 Å². The molecule has 22 heavy (non-hydrogen) atoms. The van der Waals surface area contributed by atoms with Crippen molar-refractivity contribution < 1.29 is 13.2 Å². The summed E-state index contributed by atoms with van der Waals surface area (Å²) in [7, 11) is -0.348. The summed E-state index contributed by atoms with van der Waals surface area (Å²) in [6, 6.07) is 7.90. The molecule has 0 atom stereocenters. The van der Waals surface area contributed by atoms with Crippen LogP contribution >= 0.6 is 0 Å². The van der Waals surface area contributed by atoms with Crippen molar-refractivity contribution in [2.45, 2.75) is 13.3 Å². The van der Waals surface area contributed by atoms with Crippen molar-refractivity contribution in [3.05, 3.63) is 35.4 Å². The Balaban J connectivity index is 1.91. The molecule has 0 unspecified atom stereocenters. The van der Waals surface area contributed by atoms with Gasteiger partial charge < -0.3 is 4.90 Å². The highest BCUT2D eigenvalue weighted by atomic mass is 32.2. The number of carbonyl (C=O) groups excluding carboxylic acids is 1. The molecule has 0 spiro atoms. The highest BCUT2D eigenvalue weighted by Crippen LogP contribution is 2.12. The average molecular weight is 325 g/mol. The molecule has 2 rings (SSSR count). The molecule has 0 radical (unpaired) electrons. The highest BCUT2D eigenvalue weighted by molar-refractivity contribution is 7.86. The minimum absolute atomic E-state index is 0.0470. The Morgan fingerprint density at radius 1 is 1.09 bits per heavy atom. The zero-order valence-corrected chi connectivity index (χ0v) is 14.1. The summed E-state index contributed by atoms with van der Waals surface area (Å²) in [5, 5.41) is 0. The van der Waals surface area contributed by atoms with Gasteiger partial charge in [0.1, 0.15) is 0 Å². The number of piperazine rings is 1. The van der Waals surface area contributed by atoms with Crippen LogP contribution in [0.1, 0.15) is 11.1 Å². The summed E-state index contributed by atoms with van der Waals surface area (Å²) in [6.45, 7) is 3.59. The Morgan fingerprint density at radius 3 is 2.14 bits per heavy atom. The molecule has 0 N–H and O–H groups in total. The van der Waals surface area contributed by atoms with Crippen LogP contribution in [0, 0.1) is 6.92 Å². The van der Waals surface area contributed by atoms with E-state index in [1.807, 2.05) is 31.2 Å². The molecular weight excluding hydrogens is 302 g/mol. The maximum absolute atomic E-state index is 12.3. The van der Waals surface area contributed by atoms with Gasteiger partial charge in [-0.3, -0.25) is 4.79 Å². The van der Waals surface area contributed by atoms with Crippen molar-refractivity contribution >= 4 is 16.1 Å². The summed E-state index contributed by atoms with van der Waals surface area (Å²) in [6.07, 6.45) is 0.362. The number of amides is 1. The van der Waals surface area contributed by atoms with Gasteiger partial charge in [0.15, 0.2) is 0 Å². The molecule has 1 aliphatic heterocycles. The Labute approximate surface area is 132 Å². The van der Waals surface area contributed by atoms with Crippen molar-refractivity contribution in [1.29, 1.82) is 0 Å². The minimum atomic E-state index is -3.38. The smallest absolute Gasteiger partial charge is 0.281 e. The van der Waals surface area contributed by atoms with E-state index in [2.05, 4.69) is 0 Å². The van der Waals surface area contributed by atoms with Crippen LogP contribution in [0.2, 0.25) is 0 Å². The number of nitrogens with zero attached hydrogens (tertiary/aromatic N) is 3. The quantitative estimate of drug-likeness (QED) is 0.809. The van der Waals surface area contributed by atoms with Crippen molar-refractivity contribution in [3.63, 3.8) is 0 Å². The average Bonchev–Trinajstić information content (AvgIpc) is 2.49. The Kier molecular flexibility index (Phi) is 5.20. The first-order valence-electron chi connectivity index (χ1n) is 7.31. The lowest BCUT2D eigenvalue weighted by Crippen LogP contribution is -2.53. The lowest BCUT2D eigenvalue weighted by Gasteiger charge is -2.35. The molecule has 7 heteroatoms. The third-order valence-corrected chi connectivity index (χ3v) is 5.80. The number of rotatable bonds is 4. The SMILES string of the molecule is Cc1ccc(CC(=O)N2CCN(S(=O)(=O)N(C)C)CC2)cc1. The molecule has 0 aromatic heterocycles. The predicted octanol–water partition coefficient (Wildman–Crippen LogP) is 0.488. The molecule has 1 aromatic rings. The second-order valence-corrected chi connectivity index (χ2v) is 7.87. The van der Waals surface area contributed by atoms with Gasteiger partial charge >= 0.3 is 0 Å². The van der Waals surface area contributed by atoms with E-state index in [0.29, 0.717) is 32.6 Å². The molecule has 1 saturated heterocycles. The second kappa shape index (κ2) is 6.76. The minimum Gasteiger partial charge on any atom is -0.340 e. The monoisotopic (exact) mass is 325 g/mol. The topological polar surface area (TPSA) is 60.9 Å². The van der Waals surface area contributed by atoms with E-state index in [-0.39, 0.29) is 5.91 Å². The maximum atomic E-state index is 12.3. The molecule has 1 heterocycles. The van der Waals surface area contributed by atoms with Crippen molar-refractivity contribution in [2.24, 2.45) is 0 Å². The normalized spacial score (nSPS) is 17.0. The zero-order chi connectivity index (χ0) is 16.3. The van der Waals surface area contributed by atoms with Crippen LogP contribution in [0.5, 0.6) is 0 Å². The molecule has 1 amide bonds. The van der Waals surface area contributed by atoms with E-state index in [9.17, 15) is 13.2 Å². The van der Waals surface area contributed by atoms with Gasteiger partial charge in [0.2, 0.25) is 5.91 Å². The van der Waals surface area contributed by atoms with Crippen molar-refractivity contribution in [1.82, 2.24) is 13.5 Å². The van der Waals surface area contributed by atoms with Gasteiger partial charge in [0.25, 0.3) is 10.2 Å². The second-order valence-electron chi connectivity index (χ2n) is 5.73. The number of aryl methyl sites for hydroxylation is 1. The first-order valence-corrected chi connectivity index (χ1v) is 8.71. The summed E-state index contributed by atoms with van der Waals surface area (Å²) < 4.78 is 26.7. The van der Waals surface area contributed by atoms with E-state index in [4.69, 9.17) is 0 Å². The lowest BCUT2D eigenvalue weighted by atomic mass is 10.1. The molecule has 0 bridgehead atoms. The van der Waals surface area contributed by atoms with Crippen LogP contribution in [0.25, 0.3) is 0 Å². The van der Waals surface area contributed by atoms with E-state index in [1.165, 1.54) is 28.3 Å². The summed E-state index contributed by atoms with van der Waals surface area (Å²) in [5.74, 6) is 0.0470. The molecule has 0 aliphatic carbocycles. The van der Waals surface area contributed by atoms with Crippen LogP contribution in [0.15, 0.2) is 24.3 Å². The standard InChI is InChI=1S/C15H23N3O3S/c1-13-4-6-14(7-5-13)12-15(19)17-8-10-18(11-9-17)22(20,21)16(2)3/h4-7H,8-12H2,1-3H3. The third-order valence-electron chi connectivity index (χ3n) is 3.86. The van der Waals surface area contributed by atoms with Gasteiger partial charge in [-0.25, -0.2) is 0 Å². The first kappa shape index (κ1) is 16.9. The summed E-state index contributed by atoms with van der Waals surface area (Å²) in [5.41, 5.74) is 2.15. The fraction of sp³-hybridized carbons (Fsp3) is 0.533. The van der Waals surface area contributed by atoms with Crippen LogP contribution in [-0.2, 0) is 21.4 Å². The third kappa shape index (κ3) is 3.85. The van der Waals surface area contributed by atoms with Crippen LogP contribution in [-0.4, -0.2) is 68.1 Å². The van der Waals surface area contributed by atoms with Crippen LogP contribution in [0.3, 0.4) is 0 Å². The number of hydrogen-bond acceptors (Lipinski definition) is 3. The van der Waals surface area contributed by atoms with Gasteiger partial charge in [-0.15, -0.1) is 0 Å². The number of hydrogen-bond donors (Lipinski definition) is 0. The molecule has 1 aromatic carbocycles. The Bertz CT molecular complexity index is 618. The molecule has 1 aliphatic rings. The molecule has 0 saturated carbocycles. The van der Waals surface area contributed by atoms with Crippen LogP contribution in [0.4, 0.5) is 0 Å². The highest BCUT2D eigenvalue weighted by Gasteiger charge is 2.30. The van der Waals surface area contributed by atoms with E-state index in [1.54, 1.807) is 4.90 Å². The molecular formula is C15H23N3O3S. The maximum Gasteiger partial charge on any atom is 0.281 e. The molecule has 6 nitrogen and oxygen atoms in total. The van der Waals surface area contributed by atoms with E-state index in [0.717, 1.165) is 5.56 Å². The fourth-order valence-corrected chi connectivity index (χ4v) is 3.48. The van der Waals surface area contributed by atoms with Gasteiger partial charge in [0.05, 0.1) is 6.42 Å². The summed E-state index contributed by atoms with van der Waals surface area (Å²) in [4.78, 5) is 14.0. The predicted molar refractivity (Wildman–Crippen MR) is 85.6 cm³/mol. The Hall–Kier alpha value is -1.44. The van der Waals surface area contributed by atoms with Gasteiger partial charge in [-0.1, -0.05) is 29.8 Å². The Morgan fingerprint density at radius 2 is 1.64 bits per heavy atom. The van der Waals surface area contributed by atoms with Crippen molar-refractivity contribution in [2.75, 3.05) is 40.3 Å². The fourth-order valence-electron chi connectivity index (χ4n) is 2.39. The van der Waals surface area contributed by atoms with E-state index >= 15 is 0 Å². The molecule has 1 fully saturated rings. The van der Waals surface area contributed by atoms with Gasteiger partial charge in [-0.05, 0) is 12.5 Å². The lowest BCUT2D eigenvalue weighted by molar-refractivity contribution is -0.131. The van der Waals surface area contributed by atoms with E-state index < -0.39 is 10.2 Å². The molecule has 122 valence electrons. The summed E-state index contributed by atoms with van der Waals surface area (Å²) >= 11 is 0. The van der Waals surface area contributed by atoms with Crippen molar-refractivity contribution in [3.8, 4) is 0 Å². The zero-order valence-electron chi connectivity index (χ0n) is 13.3. The van der Waals surface area contributed by atoms with Crippen LogP contribution < -0.4 is 0 Å².